The van der Waals surface area contributed by atoms with Crippen molar-refractivity contribution in [3.63, 3.8) is 0 Å². The topological polar surface area (TPSA) is 96.9 Å². The molecule has 3 aromatic carbocycles. The van der Waals surface area contributed by atoms with Gasteiger partial charge < -0.3 is 19.9 Å². The van der Waals surface area contributed by atoms with E-state index in [1.54, 1.807) is 52.1 Å². The summed E-state index contributed by atoms with van der Waals surface area (Å²) in [4.78, 5) is 26.0. The Kier molecular flexibility index (Phi) is 10.1. The van der Waals surface area contributed by atoms with Crippen LogP contribution in [0, 0.1) is 0 Å². The van der Waals surface area contributed by atoms with Gasteiger partial charge in [0.25, 0.3) is 5.91 Å². The summed E-state index contributed by atoms with van der Waals surface area (Å²) in [5.74, 6) is 0.364. The summed E-state index contributed by atoms with van der Waals surface area (Å²) in [5, 5.41) is 14.4. The monoisotopic (exact) mass is 534 g/mol. The van der Waals surface area contributed by atoms with E-state index in [-0.39, 0.29) is 17.0 Å². The number of carbonyl (C=O) groups excluding carboxylic acids is 2. The average molecular weight is 535 g/mol. The molecule has 0 aliphatic carbocycles. The van der Waals surface area contributed by atoms with Crippen molar-refractivity contribution in [1.29, 1.82) is 0 Å². The quantitative estimate of drug-likeness (QED) is 0.249. The van der Waals surface area contributed by atoms with Crippen molar-refractivity contribution in [3.05, 3.63) is 102 Å². The van der Waals surface area contributed by atoms with Crippen LogP contribution in [-0.2, 0) is 17.7 Å². The highest BCUT2D eigenvalue weighted by Crippen LogP contribution is 2.17. The maximum absolute atomic E-state index is 13.3. The molecule has 0 aromatic heterocycles. The van der Waals surface area contributed by atoms with Crippen LogP contribution in [-0.4, -0.2) is 60.1 Å². The lowest BCUT2D eigenvalue weighted by Gasteiger charge is -2.37. The van der Waals surface area contributed by atoms with Crippen LogP contribution in [0.1, 0.15) is 42.3 Å². The van der Waals surface area contributed by atoms with E-state index in [4.69, 9.17) is 9.47 Å². The molecule has 39 heavy (non-hydrogen) atoms. The summed E-state index contributed by atoms with van der Waals surface area (Å²) in [7, 11) is 3.42. The maximum Gasteiger partial charge on any atom is 0.407 e. The van der Waals surface area contributed by atoms with E-state index in [9.17, 15) is 14.7 Å². The molecule has 3 atom stereocenters. The van der Waals surface area contributed by atoms with Crippen LogP contribution in [0.4, 0.5) is 4.79 Å². The van der Waals surface area contributed by atoms with Crippen LogP contribution < -0.4 is 15.5 Å². The number of nitrogens with one attached hydrogen (secondary N) is 2. The first-order valence-corrected chi connectivity index (χ1v) is 13.0. The molecule has 0 bridgehead atoms. The highest BCUT2D eigenvalue weighted by atomic mass is 16.6. The molecule has 0 aliphatic rings. The molecule has 1 unspecified atom stereocenters. The highest BCUT2D eigenvalue weighted by molar-refractivity contribution is 5.93. The number of aliphatic hydroxyl groups excluding tert-OH is 1. The van der Waals surface area contributed by atoms with Crippen LogP contribution in [0.25, 0.3) is 0 Å². The molecule has 3 rings (SSSR count). The molecular formula is C31H40N3O5+. The third kappa shape index (κ3) is 9.74. The number of alkyl carbamates (subject to hydrolysis) is 1. The Hall–Kier alpha value is -3.88. The van der Waals surface area contributed by atoms with Crippen molar-refractivity contribution < 1.29 is 28.8 Å². The van der Waals surface area contributed by atoms with E-state index < -0.39 is 23.8 Å². The average Bonchev–Trinajstić information content (AvgIpc) is 2.88. The van der Waals surface area contributed by atoms with Crippen molar-refractivity contribution in [3.8, 4) is 5.75 Å². The van der Waals surface area contributed by atoms with E-state index in [2.05, 4.69) is 10.7 Å². The number of hydrogen-bond acceptors (Lipinski definition) is 5. The molecule has 3 aromatic rings. The second kappa shape index (κ2) is 13.3. The molecule has 0 fully saturated rings. The summed E-state index contributed by atoms with van der Waals surface area (Å²) in [6.45, 7) is 5.92. The Balaban J connectivity index is 1.86. The van der Waals surface area contributed by atoms with Crippen molar-refractivity contribution in [1.82, 2.24) is 10.7 Å². The van der Waals surface area contributed by atoms with Gasteiger partial charge in [-0.2, -0.15) is 5.43 Å². The van der Waals surface area contributed by atoms with Gasteiger partial charge in [-0.3, -0.25) is 4.79 Å². The fourth-order valence-electron chi connectivity index (χ4n) is 4.34. The summed E-state index contributed by atoms with van der Waals surface area (Å²) in [5.41, 5.74) is 4.82. The maximum atomic E-state index is 13.3. The van der Waals surface area contributed by atoms with E-state index >= 15 is 0 Å². The summed E-state index contributed by atoms with van der Waals surface area (Å²) in [6, 6.07) is 25.6. The third-order valence-electron chi connectivity index (χ3n) is 6.15. The van der Waals surface area contributed by atoms with Gasteiger partial charge in [-0.25, -0.2) is 9.39 Å². The Morgan fingerprint density at radius 3 is 2.00 bits per heavy atom. The van der Waals surface area contributed by atoms with E-state index in [0.29, 0.717) is 24.3 Å². The van der Waals surface area contributed by atoms with Gasteiger partial charge in [-0.15, -0.1) is 0 Å². The number of amides is 2. The van der Waals surface area contributed by atoms with Crippen molar-refractivity contribution >= 4 is 12.0 Å². The molecular weight excluding hydrogens is 494 g/mol. The normalized spacial score (nSPS) is 14.4. The minimum Gasteiger partial charge on any atom is -0.497 e. The molecule has 8 heteroatoms. The van der Waals surface area contributed by atoms with Crippen molar-refractivity contribution in [2.75, 3.05) is 20.7 Å². The van der Waals surface area contributed by atoms with E-state index in [1.807, 2.05) is 67.7 Å². The van der Waals surface area contributed by atoms with Crippen molar-refractivity contribution in [2.45, 2.75) is 51.5 Å². The molecule has 0 saturated heterocycles. The molecule has 0 heterocycles. The molecule has 0 spiro atoms. The number of carbonyl (C=O) groups is 2. The van der Waals surface area contributed by atoms with Gasteiger partial charge in [0.05, 0.1) is 20.2 Å². The highest BCUT2D eigenvalue weighted by Gasteiger charge is 2.34. The summed E-state index contributed by atoms with van der Waals surface area (Å²) >= 11 is 0. The standard InChI is InChI=1S/C31H39N3O5/c1-31(2,3)39-30(37)32-27(20-23-12-8-6-9-13-23)28(35)22-34(4,21-24-14-10-7-11-15-24)33-29(36)25-16-18-26(38-5)19-17-25/h6-19,27-28,35H,20-22H2,1-5H3,(H-,32,33,36,37)/p+1/t27-,28-,34?/m0/s1. The summed E-state index contributed by atoms with van der Waals surface area (Å²) in [6.07, 6.45) is -1.23. The Bertz CT molecular complexity index is 1200. The smallest absolute Gasteiger partial charge is 0.407 e. The first kappa shape index (κ1) is 29.7. The molecule has 208 valence electrons. The Morgan fingerprint density at radius 2 is 1.46 bits per heavy atom. The Labute approximate surface area is 231 Å². The minimum atomic E-state index is -1.01. The first-order chi connectivity index (χ1) is 18.5. The number of quaternary nitrogens is 1. The van der Waals surface area contributed by atoms with Gasteiger partial charge in [-0.05, 0) is 57.0 Å². The zero-order chi connectivity index (χ0) is 28.5. The number of benzene rings is 3. The number of hydrogen-bond donors (Lipinski definition) is 3. The number of aliphatic hydroxyl groups is 1. The number of rotatable bonds is 11. The summed E-state index contributed by atoms with van der Waals surface area (Å²) < 4.78 is 10.7. The zero-order valence-corrected chi connectivity index (χ0v) is 23.4. The van der Waals surface area contributed by atoms with Gasteiger partial charge in [0.2, 0.25) is 0 Å². The number of ether oxygens (including phenoxy) is 2. The van der Waals surface area contributed by atoms with Gasteiger partial charge in [0.15, 0.2) is 0 Å². The van der Waals surface area contributed by atoms with Gasteiger partial charge in [0.1, 0.15) is 30.5 Å². The third-order valence-corrected chi connectivity index (χ3v) is 6.15. The van der Waals surface area contributed by atoms with Gasteiger partial charge in [-0.1, -0.05) is 60.7 Å². The lowest BCUT2D eigenvalue weighted by Crippen LogP contribution is -2.62. The van der Waals surface area contributed by atoms with Crippen LogP contribution in [0.3, 0.4) is 0 Å². The minimum absolute atomic E-state index is 0.00265. The number of nitrogens with zero attached hydrogens (tertiary/aromatic N) is 1. The molecule has 3 N–H and O–H groups in total. The first-order valence-electron chi connectivity index (χ1n) is 13.0. The molecule has 2 amide bonds. The SMILES string of the molecule is COc1ccc(C(=O)N[N+](C)(Cc2ccccc2)C[C@H](O)[C@H](Cc2ccccc2)NC(=O)OC(C)(C)C)cc1. The lowest BCUT2D eigenvalue weighted by atomic mass is 10.0. The van der Waals surface area contributed by atoms with Gasteiger partial charge in [0, 0.05) is 11.1 Å². The molecule has 8 nitrogen and oxygen atoms in total. The number of methoxy groups -OCH3 is 1. The largest absolute Gasteiger partial charge is 0.497 e. The van der Waals surface area contributed by atoms with Crippen molar-refractivity contribution in [2.24, 2.45) is 0 Å². The second-order valence-electron chi connectivity index (χ2n) is 10.9. The zero-order valence-electron chi connectivity index (χ0n) is 23.4. The lowest BCUT2D eigenvalue weighted by molar-refractivity contribution is -0.958. The van der Waals surface area contributed by atoms with Gasteiger partial charge >= 0.3 is 6.09 Å². The number of likely N-dealkylation sites (N-methyl/N-ethyl adjacent to an activating group) is 1. The Morgan fingerprint density at radius 1 is 0.897 bits per heavy atom. The molecule has 0 saturated carbocycles. The predicted octanol–water partition coefficient (Wildman–Crippen LogP) is 4.48. The van der Waals surface area contributed by atoms with Crippen LogP contribution in [0.5, 0.6) is 5.75 Å². The van der Waals surface area contributed by atoms with E-state index in [0.717, 1.165) is 11.1 Å². The fraction of sp³-hybridized carbons (Fsp3) is 0.355. The van der Waals surface area contributed by atoms with E-state index in [1.165, 1.54) is 0 Å². The predicted molar refractivity (Wildman–Crippen MR) is 151 cm³/mol. The van der Waals surface area contributed by atoms with Crippen LogP contribution in [0.15, 0.2) is 84.9 Å². The second-order valence-corrected chi connectivity index (χ2v) is 10.9. The molecule has 0 aliphatic heterocycles. The molecule has 0 radical (unpaired) electrons. The van der Waals surface area contributed by atoms with Crippen LogP contribution in [0.2, 0.25) is 0 Å². The van der Waals surface area contributed by atoms with Crippen LogP contribution >= 0.6 is 0 Å². The fourth-order valence-corrected chi connectivity index (χ4v) is 4.34.